The molecule has 0 aliphatic rings. The van der Waals surface area contributed by atoms with Crippen molar-refractivity contribution in [3.8, 4) is 0 Å². The molecule has 0 radical (unpaired) electrons. The number of hydrogen-bond donors (Lipinski definition) is 3. The third kappa shape index (κ3) is 3.48. The summed E-state index contributed by atoms with van der Waals surface area (Å²) in [4.78, 5) is 3.91. The molecule has 9 heteroatoms. The molecule has 4 N–H and O–H groups in total. The fraction of sp³-hybridized carbons (Fsp3) is 0. The van der Waals surface area contributed by atoms with E-state index >= 15 is 0 Å². The van der Waals surface area contributed by atoms with Gasteiger partial charge in [0, 0.05) is 15.1 Å². The predicted octanol–water partition coefficient (Wildman–Crippen LogP) is 2.69. The molecule has 0 atom stereocenters. The van der Waals surface area contributed by atoms with Gasteiger partial charge in [0.2, 0.25) is 0 Å². The lowest BCUT2D eigenvalue weighted by Gasteiger charge is -2.10. The van der Waals surface area contributed by atoms with Gasteiger partial charge in [-0.3, -0.25) is 4.72 Å². The Labute approximate surface area is 133 Å². The molecule has 0 aliphatic carbocycles. The van der Waals surface area contributed by atoms with E-state index in [0.29, 0.717) is 16.0 Å². The Morgan fingerprint density at radius 1 is 1.15 bits per heavy atom. The number of aromatic nitrogens is 1. The van der Waals surface area contributed by atoms with Crippen molar-refractivity contribution < 1.29 is 8.42 Å². The standard InChI is InChI=1S/C11H10Br2N4O2S/c12-7-1-3-9(13)10(5-7)17-20(18,19)8-2-4-11(16-14)15-6-8/h1-6,17H,14H2,(H,15,16). The smallest absolute Gasteiger partial charge is 0.263 e. The molecule has 0 spiro atoms. The monoisotopic (exact) mass is 420 g/mol. The molecule has 2 aromatic rings. The number of benzene rings is 1. The van der Waals surface area contributed by atoms with Crippen LogP contribution >= 0.6 is 31.9 Å². The van der Waals surface area contributed by atoms with Gasteiger partial charge in [0.15, 0.2) is 0 Å². The van der Waals surface area contributed by atoms with Gasteiger partial charge in [-0.05, 0) is 46.3 Å². The van der Waals surface area contributed by atoms with Crippen LogP contribution < -0.4 is 16.0 Å². The lowest BCUT2D eigenvalue weighted by Crippen LogP contribution is -2.14. The molecule has 6 nitrogen and oxygen atoms in total. The second kappa shape index (κ2) is 6.08. The highest BCUT2D eigenvalue weighted by molar-refractivity contribution is 9.11. The Morgan fingerprint density at radius 2 is 1.90 bits per heavy atom. The first-order chi connectivity index (χ1) is 9.42. The molecule has 0 saturated carbocycles. The van der Waals surface area contributed by atoms with E-state index in [1.54, 1.807) is 18.2 Å². The lowest BCUT2D eigenvalue weighted by atomic mass is 10.3. The van der Waals surface area contributed by atoms with Gasteiger partial charge >= 0.3 is 0 Å². The van der Waals surface area contributed by atoms with Gasteiger partial charge in [0.05, 0.1) is 5.69 Å². The van der Waals surface area contributed by atoms with Gasteiger partial charge in [-0.2, -0.15) is 0 Å². The molecule has 1 aromatic carbocycles. The van der Waals surface area contributed by atoms with Crippen LogP contribution in [0.2, 0.25) is 0 Å². The quantitative estimate of drug-likeness (QED) is 0.520. The van der Waals surface area contributed by atoms with Gasteiger partial charge < -0.3 is 5.43 Å². The van der Waals surface area contributed by atoms with E-state index in [4.69, 9.17) is 5.84 Å². The number of nitrogens with zero attached hydrogens (tertiary/aromatic N) is 1. The van der Waals surface area contributed by atoms with Gasteiger partial charge in [-0.15, -0.1) is 0 Å². The van der Waals surface area contributed by atoms with Crippen molar-refractivity contribution >= 4 is 53.4 Å². The van der Waals surface area contributed by atoms with E-state index in [1.807, 2.05) is 0 Å². The number of anilines is 2. The number of nitrogen functional groups attached to an aromatic ring is 1. The number of rotatable bonds is 4. The Morgan fingerprint density at radius 3 is 2.50 bits per heavy atom. The number of nitrogens with two attached hydrogens (primary N) is 1. The molecule has 2 rings (SSSR count). The fourth-order valence-corrected chi connectivity index (χ4v) is 3.26. The first kappa shape index (κ1) is 15.2. The minimum atomic E-state index is -3.71. The van der Waals surface area contributed by atoms with Crippen molar-refractivity contribution in [3.63, 3.8) is 0 Å². The van der Waals surface area contributed by atoms with Gasteiger partial charge in [0.25, 0.3) is 10.0 Å². The summed E-state index contributed by atoms with van der Waals surface area (Å²) in [6, 6.07) is 8.08. The number of halogens is 2. The van der Waals surface area contributed by atoms with Crippen LogP contribution in [0.3, 0.4) is 0 Å². The SMILES string of the molecule is NNc1ccc(S(=O)(=O)Nc2cc(Br)ccc2Br)cn1. The third-order valence-corrected chi connectivity index (χ3v) is 4.90. The van der Waals surface area contributed by atoms with E-state index in [0.717, 1.165) is 4.47 Å². The summed E-state index contributed by atoms with van der Waals surface area (Å²) in [6.45, 7) is 0. The average Bonchev–Trinajstić information content (AvgIpc) is 2.43. The molecule has 20 heavy (non-hydrogen) atoms. The maximum absolute atomic E-state index is 12.2. The van der Waals surface area contributed by atoms with E-state index in [2.05, 4.69) is 47.0 Å². The van der Waals surface area contributed by atoms with Crippen molar-refractivity contribution in [3.05, 3.63) is 45.5 Å². The van der Waals surface area contributed by atoms with Crippen molar-refractivity contribution in [2.24, 2.45) is 5.84 Å². The van der Waals surface area contributed by atoms with Crippen LogP contribution in [0.25, 0.3) is 0 Å². The van der Waals surface area contributed by atoms with E-state index in [9.17, 15) is 8.42 Å². The number of nitrogens with one attached hydrogen (secondary N) is 2. The first-order valence-corrected chi connectivity index (χ1v) is 8.40. The summed E-state index contributed by atoms with van der Waals surface area (Å²) < 4.78 is 28.3. The maximum Gasteiger partial charge on any atom is 0.263 e. The van der Waals surface area contributed by atoms with Gasteiger partial charge in [-0.1, -0.05) is 15.9 Å². The van der Waals surface area contributed by atoms with Crippen LogP contribution in [-0.2, 0) is 10.0 Å². The summed E-state index contributed by atoms with van der Waals surface area (Å²) in [5.74, 6) is 5.56. The molecule has 0 bridgehead atoms. The summed E-state index contributed by atoms with van der Waals surface area (Å²) in [6.07, 6.45) is 1.23. The number of pyridine rings is 1. The van der Waals surface area contributed by atoms with Crippen LogP contribution in [0.15, 0.2) is 50.4 Å². The number of sulfonamides is 1. The van der Waals surface area contributed by atoms with E-state index < -0.39 is 10.0 Å². The molecule has 106 valence electrons. The zero-order chi connectivity index (χ0) is 14.8. The zero-order valence-electron chi connectivity index (χ0n) is 9.97. The number of hydrazine groups is 1. The van der Waals surface area contributed by atoms with Crippen LogP contribution in [0.1, 0.15) is 0 Å². The van der Waals surface area contributed by atoms with E-state index in [-0.39, 0.29) is 4.90 Å². The average molecular weight is 422 g/mol. The molecule has 0 saturated heterocycles. The fourth-order valence-electron chi connectivity index (χ4n) is 1.40. The summed E-state index contributed by atoms with van der Waals surface area (Å²) in [7, 11) is -3.71. The minimum absolute atomic E-state index is 0.0448. The Bertz CT molecular complexity index is 720. The molecular weight excluding hydrogens is 412 g/mol. The topological polar surface area (TPSA) is 97.1 Å². The Balaban J connectivity index is 2.32. The summed E-state index contributed by atoms with van der Waals surface area (Å²) in [5, 5.41) is 0. The normalized spacial score (nSPS) is 11.2. The van der Waals surface area contributed by atoms with Crippen molar-refractivity contribution in [2.45, 2.75) is 4.90 Å². The highest BCUT2D eigenvalue weighted by Gasteiger charge is 2.16. The van der Waals surface area contributed by atoms with Crippen LogP contribution in [-0.4, -0.2) is 13.4 Å². The predicted molar refractivity (Wildman–Crippen MR) is 84.7 cm³/mol. The molecule has 0 fully saturated rings. The van der Waals surface area contributed by atoms with E-state index in [1.165, 1.54) is 18.3 Å². The number of hydrogen-bond acceptors (Lipinski definition) is 5. The maximum atomic E-state index is 12.2. The lowest BCUT2D eigenvalue weighted by molar-refractivity contribution is 0.601. The highest BCUT2D eigenvalue weighted by atomic mass is 79.9. The molecule has 0 amide bonds. The van der Waals surface area contributed by atoms with Gasteiger partial charge in [0.1, 0.15) is 10.7 Å². The van der Waals surface area contributed by atoms with Crippen LogP contribution in [0, 0.1) is 0 Å². The van der Waals surface area contributed by atoms with Crippen LogP contribution in [0.5, 0.6) is 0 Å². The molecule has 1 heterocycles. The van der Waals surface area contributed by atoms with Crippen molar-refractivity contribution in [1.82, 2.24) is 4.98 Å². The second-order valence-electron chi connectivity index (χ2n) is 3.75. The van der Waals surface area contributed by atoms with Crippen molar-refractivity contribution in [2.75, 3.05) is 10.1 Å². The first-order valence-electron chi connectivity index (χ1n) is 5.33. The summed E-state index contributed by atoms with van der Waals surface area (Å²) in [5.41, 5.74) is 2.76. The largest absolute Gasteiger partial charge is 0.308 e. The van der Waals surface area contributed by atoms with Gasteiger partial charge in [-0.25, -0.2) is 19.2 Å². The third-order valence-electron chi connectivity index (χ3n) is 2.37. The summed E-state index contributed by atoms with van der Waals surface area (Å²) >= 11 is 6.58. The molecule has 0 aliphatic heterocycles. The molecule has 0 unspecified atom stereocenters. The molecule has 1 aromatic heterocycles. The molecular formula is C11H10Br2N4O2S. The Hall–Kier alpha value is -1.16. The zero-order valence-corrected chi connectivity index (χ0v) is 14.0. The minimum Gasteiger partial charge on any atom is -0.308 e. The van der Waals surface area contributed by atoms with Crippen molar-refractivity contribution in [1.29, 1.82) is 0 Å². The Kier molecular flexibility index (Phi) is 4.63. The van der Waals surface area contributed by atoms with Crippen LogP contribution in [0.4, 0.5) is 11.5 Å². The second-order valence-corrected chi connectivity index (χ2v) is 7.21. The highest BCUT2D eigenvalue weighted by Crippen LogP contribution is 2.28.